The van der Waals surface area contributed by atoms with E-state index in [9.17, 15) is 18.8 Å². The monoisotopic (exact) mass is 483 g/mol. The van der Waals surface area contributed by atoms with Crippen molar-refractivity contribution in [2.24, 2.45) is 0 Å². The van der Waals surface area contributed by atoms with Crippen LogP contribution in [-0.2, 0) is 11.3 Å². The smallest absolute Gasteiger partial charge is 0.321 e. The summed E-state index contributed by atoms with van der Waals surface area (Å²) in [7, 11) is 0. The molecule has 180 valence electrons. The summed E-state index contributed by atoms with van der Waals surface area (Å²) in [6.07, 6.45) is 3.17. The maximum atomic E-state index is 15.0. The number of hydrogen-bond acceptors (Lipinski definition) is 4. The third-order valence-corrected chi connectivity index (χ3v) is 5.97. The standard InChI is InChI=1S/C27H22FN5O3/c1-17-9-12-23(29-15-17)31-27(36)33-16-18-6-2-3-7-20(18)25(33)26(35)30-22-11-10-19(14-21(22)28)32-13-5-4-8-24(32)34/h2-15,25H,16H2,1H3,(H,30,35)(H,29,31,36). The number of carbonyl (C=O) groups is 2. The lowest BCUT2D eigenvalue weighted by Crippen LogP contribution is -2.39. The van der Waals surface area contributed by atoms with Gasteiger partial charge in [0, 0.05) is 31.1 Å². The third-order valence-electron chi connectivity index (χ3n) is 5.97. The fourth-order valence-corrected chi connectivity index (χ4v) is 4.18. The van der Waals surface area contributed by atoms with E-state index in [0.717, 1.165) is 11.1 Å². The van der Waals surface area contributed by atoms with E-state index < -0.39 is 23.8 Å². The molecular weight excluding hydrogens is 461 g/mol. The third kappa shape index (κ3) is 4.46. The minimum atomic E-state index is -0.970. The Morgan fingerprint density at radius 2 is 1.81 bits per heavy atom. The SMILES string of the molecule is Cc1ccc(NC(=O)N2Cc3ccccc3C2C(=O)Nc2ccc(-n3ccccc3=O)cc2F)nc1. The van der Waals surface area contributed by atoms with E-state index in [4.69, 9.17) is 0 Å². The molecule has 0 bridgehead atoms. The molecule has 2 aromatic heterocycles. The van der Waals surface area contributed by atoms with Crippen molar-refractivity contribution in [3.63, 3.8) is 0 Å². The first-order valence-electron chi connectivity index (χ1n) is 11.3. The van der Waals surface area contributed by atoms with E-state index >= 15 is 0 Å². The number of fused-ring (bicyclic) bond motifs is 1. The Morgan fingerprint density at radius 1 is 1.00 bits per heavy atom. The topological polar surface area (TPSA) is 96.3 Å². The summed E-state index contributed by atoms with van der Waals surface area (Å²) >= 11 is 0. The molecule has 4 aromatic rings. The lowest BCUT2D eigenvalue weighted by Gasteiger charge is -2.25. The molecule has 2 aromatic carbocycles. The van der Waals surface area contributed by atoms with E-state index in [0.29, 0.717) is 17.1 Å². The van der Waals surface area contributed by atoms with Gasteiger partial charge in [0.25, 0.3) is 11.5 Å². The molecule has 1 atom stereocenters. The van der Waals surface area contributed by atoms with Gasteiger partial charge in [-0.05, 0) is 47.9 Å². The molecule has 9 heteroatoms. The second-order valence-electron chi connectivity index (χ2n) is 8.44. The van der Waals surface area contributed by atoms with Crippen LogP contribution in [0.1, 0.15) is 22.7 Å². The first-order valence-corrected chi connectivity index (χ1v) is 11.3. The van der Waals surface area contributed by atoms with Crippen LogP contribution in [-0.4, -0.2) is 26.4 Å². The summed E-state index contributed by atoms with van der Waals surface area (Å²) < 4.78 is 16.3. The van der Waals surface area contributed by atoms with Crippen molar-refractivity contribution in [2.45, 2.75) is 19.5 Å². The van der Waals surface area contributed by atoms with Crippen LogP contribution in [0.25, 0.3) is 5.69 Å². The number of anilines is 2. The first kappa shape index (κ1) is 23.0. The molecule has 5 rings (SSSR count). The van der Waals surface area contributed by atoms with Crippen molar-refractivity contribution < 1.29 is 14.0 Å². The number of amides is 3. The molecule has 8 nitrogen and oxygen atoms in total. The molecule has 2 N–H and O–H groups in total. The molecular formula is C27H22FN5O3. The summed E-state index contributed by atoms with van der Waals surface area (Å²) in [6.45, 7) is 2.10. The number of rotatable bonds is 4. The van der Waals surface area contributed by atoms with Crippen molar-refractivity contribution in [1.29, 1.82) is 0 Å². The second-order valence-corrected chi connectivity index (χ2v) is 8.44. The Hall–Kier alpha value is -4.79. The fraction of sp³-hybridized carbons (Fsp3) is 0.111. The van der Waals surface area contributed by atoms with E-state index in [1.54, 1.807) is 36.5 Å². The van der Waals surface area contributed by atoms with Crippen LogP contribution in [0.4, 0.5) is 20.7 Å². The van der Waals surface area contributed by atoms with Gasteiger partial charge in [0.15, 0.2) is 0 Å². The molecule has 0 saturated heterocycles. The number of halogens is 1. The summed E-state index contributed by atoms with van der Waals surface area (Å²) in [5.74, 6) is -0.906. The summed E-state index contributed by atoms with van der Waals surface area (Å²) in [6, 6.07) is 18.0. The fourth-order valence-electron chi connectivity index (χ4n) is 4.18. The van der Waals surface area contributed by atoms with Gasteiger partial charge >= 0.3 is 6.03 Å². The van der Waals surface area contributed by atoms with Gasteiger partial charge in [-0.25, -0.2) is 14.2 Å². The number of hydrogen-bond donors (Lipinski definition) is 2. The van der Waals surface area contributed by atoms with Crippen molar-refractivity contribution >= 4 is 23.4 Å². The molecule has 0 spiro atoms. The van der Waals surface area contributed by atoms with Crippen LogP contribution in [0, 0.1) is 12.7 Å². The second kappa shape index (κ2) is 9.46. The predicted molar refractivity (Wildman–Crippen MR) is 133 cm³/mol. The number of nitrogens with zero attached hydrogens (tertiary/aromatic N) is 3. The van der Waals surface area contributed by atoms with Crippen LogP contribution in [0.5, 0.6) is 0 Å². The van der Waals surface area contributed by atoms with Gasteiger partial charge in [-0.15, -0.1) is 0 Å². The zero-order chi connectivity index (χ0) is 25.2. The maximum absolute atomic E-state index is 15.0. The number of pyridine rings is 2. The van der Waals surface area contributed by atoms with Gasteiger partial charge < -0.3 is 10.2 Å². The minimum absolute atomic E-state index is 0.0577. The van der Waals surface area contributed by atoms with E-state index in [2.05, 4.69) is 15.6 Å². The molecule has 1 aliphatic rings. The average molecular weight is 484 g/mol. The number of urea groups is 1. The molecule has 3 amide bonds. The Labute approximate surface area is 206 Å². The van der Waals surface area contributed by atoms with Crippen molar-refractivity contribution in [3.05, 3.63) is 118 Å². The molecule has 1 unspecified atom stereocenters. The maximum Gasteiger partial charge on any atom is 0.324 e. The number of carbonyl (C=O) groups excluding carboxylic acids is 2. The van der Waals surface area contributed by atoms with E-state index in [1.807, 2.05) is 25.1 Å². The van der Waals surface area contributed by atoms with Crippen molar-refractivity contribution in [2.75, 3.05) is 10.6 Å². The minimum Gasteiger partial charge on any atom is -0.321 e. The van der Waals surface area contributed by atoms with Gasteiger partial charge in [-0.3, -0.25) is 19.5 Å². The Bertz CT molecular complexity index is 1520. The van der Waals surface area contributed by atoms with Crippen molar-refractivity contribution in [3.8, 4) is 5.69 Å². The van der Waals surface area contributed by atoms with E-state index in [-0.39, 0.29) is 17.8 Å². The highest BCUT2D eigenvalue weighted by atomic mass is 19.1. The number of aryl methyl sites for hydroxylation is 1. The van der Waals surface area contributed by atoms with Gasteiger partial charge in [0.2, 0.25) is 0 Å². The Kier molecular flexibility index (Phi) is 6.03. The zero-order valence-corrected chi connectivity index (χ0v) is 19.3. The van der Waals surface area contributed by atoms with Crippen LogP contribution < -0.4 is 16.2 Å². The summed E-state index contributed by atoms with van der Waals surface area (Å²) in [5.41, 5.74) is 2.40. The molecule has 0 fully saturated rings. The molecule has 0 aliphatic carbocycles. The molecule has 0 saturated carbocycles. The Balaban J connectivity index is 1.40. The zero-order valence-electron chi connectivity index (χ0n) is 19.3. The van der Waals surface area contributed by atoms with Gasteiger partial charge in [0.1, 0.15) is 17.7 Å². The first-order chi connectivity index (χ1) is 17.4. The van der Waals surface area contributed by atoms with Crippen LogP contribution in [0.3, 0.4) is 0 Å². The van der Waals surface area contributed by atoms with Gasteiger partial charge in [-0.1, -0.05) is 36.4 Å². The lowest BCUT2D eigenvalue weighted by molar-refractivity contribution is -0.120. The highest BCUT2D eigenvalue weighted by Crippen LogP contribution is 2.35. The largest absolute Gasteiger partial charge is 0.324 e. The molecule has 36 heavy (non-hydrogen) atoms. The van der Waals surface area contributed by atoms with Crippen LogP contribution >= 0.6 is 0 Å². The summed E-state index contributed by atoms with van der Waals surface area (Å²) in [5, 5.41) is 5.33. The van der Waals surface area contributed by atoms with Crippen LogP contribution in [0.2, 0.25) is 0 Å². The Morgan fingerprint density at radius 3 is 2.56 bits per heavy atom. The normalized spacial score (nSPS) is 14.3. The van der Waals surface area contributed by atoms with Gasteiger partial charge in [-0.2, -0.15) is 0 Å². The quantitative estimate of drug-likeness (QED) is 0.450. The molecule has 0 radical (unpaired) electrons. The predicted octanol–water partition coefficient (Wildman–Crippen LogP) is 4.41. The van der Waals surface area contributed by atoms with E-state index in [1.165, 1.54) is 39.9 Å². The molecule has 1 aliphatic heterocycles. The average Bonchev–Trinajstić information content (AvgIpc) is 3.27. The van der Waals surface area contributed by atoms with Crippen molar-refractivity contribution in [1.82, 2.24) is 14.5 Å². The number of benzene rings is 2. The number of aromatic nitrogens is 2. The van der Waals surface area contributed by atoms with Crippen LogP contribution in [0.15, 0.2) is 90.0 Å². The lowest BCUT2D eigenvalue weighted by atomic mass is 10.0. The van der Waals surface area contributed by atoms with Gasteiger partial charge in [0.05, 0.1) is 11.4 Å². The molecule has 3 heterocycles. The highest BCUT2D eigenvalue weighted by Gasteiger charge is 2.38. The number of nitrogens with one attached hydrogen (secondary N) is 2. The highest BCUT2D eigenvalue weighted by molar-refractivity contribution is 6.00. The summed E-state index contributed by atoms with van der Waals surface area (Å²) in [4.78, 5) is 44.1.